The second-order valence-corrected chi connectivity index (χ2v) is 4.81. The molecule has 1 heterocycles. The topological polar surface area (TPSA) is 39.1 Å². The summed E-state index contributed by atoms with van der Waals surface area (Å²) in [5, 5.41) is 3.35. The fourth-order valence-corrected chi connectivity index (χ4v) is 2.16. The van der Waals surface area contributed by atoms with Crippen LogP contribution in [-0.4, -0.2) is 16.1 Å². The lowest BCUT2D eigenvalue weighted by Crippen LogP contribution is -2.13. The Morgan fingerprint density at radius 2 is 2.15 bits per heavy atom. The van der Waals surface area contributed by atoms with E-state index in [0.29, 0.717) is 6.61 Å². The second-order valence-electron chi connectivity index (χ2n) is 4.81. The smallest absolute Gasteiger partial charge is 0.146 e. The third-order valence-corrected chi connectivity index (χ3v) is 3.28. The number of imidazole rings is 1. The zero-order valence-corrected chi connectivity index (χ0v) is 12.5. The number of hydrogen-bond donors (Lipinski definition) is 1. The van der Waals surface area contributed by atoms with Crippen molar-refractivity contribution in [2.24, 2.45) is 0 Å². The molecule has 1 aromatic carbocycles. The van der Waals surface area contributed by atoms with Gasteiger partial charge in [-0.15, -0.1) is 0 Å². The SMILES string of the molecule is CCNCc1cc(C)ccc1OCc1nccn1CC. The van der Waals surface area contributed by atoms with Crippen LogP contribution in [0.25, 0.3) is 0 Å². The molecule has 4 nitrogen and oxygen atoms in total. The van der Waals surface area contributed by atoms with Gasteiger partial charge in [0.25, 0.3) is 0 Å². The van der Waals surface area contributed by atoms with Gasteiger partial charge in [-0.05, 0) is 26.5 Å². The lowest BCUT2D eigenvalue weighted by atomic mass is 10.1. The van der Waals surface area contributed by atoms with Gasteiger partial charge >= 0.3 is 0 Å². The maximum absolute atomic E-state index is 5.95. The number of nitrogens with one attached hydrogen (secondary N) is 1. The van der Waals surface area contributed by atoms with Gasteiger partial charge in [0, 0.05) is 31.0 Å². The Morgan fingerprint density at radius 3 is 2.90 bits per heavy atom. The first-order chi connectivity index (χ1) is 9.74. The highest BCUT2D eigenvalue weighted by Crippen LogP contribution is 2.21. The standard InChI is InChI=1S/C16H23N3O/c1-4-17-11-14-10-13(3)6-7-15(14)20-12-16-18-8-9-19(16)5-2/h6-10,17H,4-5,11-12H2,1-3H3. The summed E-state index contributed by atoms with van der Waals surface area (Å²) >= 11 is 0. The van der Waals surface area contributed by atoms with E-state index < -0.39 is 0 Å². The maximum atomic E-state index is 5.95. The van der Waals surface area contributed by atoms with Crippen molar-refractivity contribution < 1.29 is 4.74 Å². The molecule has 0 saturated heterocycles. The molecule has 20 heavy (non-hydrogen) atoms. The van der Waals surface area contributed by atoms with Crippen molar-refractivity contribution in [3.8, 4) is 5.75 Å². The number of aromatic nitrogens is 2. The highest BCUT2D eigenvalue weighted by molar-refractivity contribution is 5.36. The van der Waals surface area contributed by atoms with Crippen molar-refractivity contribution in [1.82, 2.24) is 14.9 Å². The molecule has 0 fully saturated rings. The van der Waals surface area contributed by atoms with Crippen LogP contribution in [0.1, 0.15) is 30.8 Å². The fourth-order valence-electron chi connectivity index (χ4n) is 2.16. The third kappa shape index (κ3) is 3.61. The fraction of sp³-hybridized carbons (Fsp3) is 0.438. The van der Waals surface area contributed by atoms with Crippen LogP contribution >= 0.6 is 0 Å². The van der Waals surface area contributed by atoms with Crippen LogP contribution in [0.2, 0.25) is 0 Å². The number of benzene rings is 1. The summed E-state index contributed by atoms with van der Waals surface area (Å²) in [4.78, 5) is 4.33. The van der Waals surface area contributed by atoms with Crippen molar-refractivity contribution in [2.45, 2.75) is 40.5 Å². The Bertz CT molecular complexity index is 548. The Kier molecular flexibility index (Phi) is 5.18. The second kappa shape index (κ2) is 7.10. The van der Waals surface area contributed by atoms with E-state index in [9.17, 15) is 0 Å². The number of hydrogen-bond acceptors (Lipinski definition) is 3. The molecule has 0 bridgehead atoms. The molecule has 0 saturated carbocycles. The minimum absolute atomic E-state index is 0.503. The molecule has 1 aromatic heterocycles. The lowest BCUT2D eigenvalue weighted by molar-refractivity contribution is 0.286. The van der Waals surface area contributed by atoms with E-state index in [4.69, 9.17) is 4.74 Å². The third-order valence-electron chi connectivity index (χ3n) is 3.28. The normalized spacial score (nSPS) is 10.8. The summed E-state index contributed by atoms with van der Waals surface area (Å²) in [7, 11) is 0. The molecular weight excluding hydrogens is 250 g/mol. The molecule has 0 aliphatic rings. The van der Waals surface area contributed by atoms with Crippen molar-refractivity contribution in [3.63, 3.8) is 0 Å². The Hall–Kier alpha value is -1.81. The Labute approximate surface area is 120 Å². The van der Waals surface area contributed by atoms with Crippen molar-refractivity contribution in [3.05, 3.63) is 47.5 Å². The first-order valence-electron chi connectivity index (χ1n) is 7.17. The van der Waals surface area contributed by atoms with E-state index in [-0.39, 0.29) is 0 Å². The van der Waals surface area contributed by atoms with Gasteiger partial charge in [-0.2, -0.15) is 0 Å². The van der Waals surface area contributed by atoms with Gasteiger partial charge in [-0.25, -0.2) is 4.98 Å². The Balaban J connectivity index is 2.08. The lowest BCUT2D eigenvalue weighted by Gasteiger charge is -2.13. The molecule has 0 amide bonds. The van der Waals surface area contributed by atoms with Crippen LogP contribution < -0.4 is 10.1 Å². The molecule has 2 rings (SSSR count). The molecule has 0 aliphatic carbocycles. The van der Waals surface area contributed by atoms with Crippen LogP contribution in [0.3, 0.4) is 0 Å². The molecule has 0 atom stereocenters. The van der Waals surface area contributed by atoms with Crippen LogP contribution in [-0.2, 0) is 19.7 Å². The molecule has 0 spiro atoms. The van der Waals surface area contributed by atoms with Gasteiger partial charge in [0.15, 0.2) is 0 Å². The van der Waals surface area contributed by atoms with E-state index in [2.05, 4.69) is 47.8 Å². The zero-order valence-electron chi connectivity index (χ0n) is 12.5. The first kappa shape index (κ1) is 14.6. The average Bonchev–Trinajstić information content (AvgIpc) is 2.91. The molecule has 4 heteroatoms. The highest BCUT2D eigenvalue weighted by atomic mass is 16.5. The summed E-state index contributed by atoms with van der Waals surface area (Å²) in [5.41, 5.74) is 2.45. The molecule has 0 radical (unpaired) electrons. The van der Waals surface area contributed by atoms with Gasteiger partial charge in [-0.1, -0.05) is 24.6 Å². The van der Waals surface area contributed by atoms with Crippen LogP contribution in [0, 0.1) is 6.92 Å². The summed E-state index contributed by atoms with van der Waals surface area (Å²) in [6.07, 6.45) is 3.80. The van der Waals surface area contributed by atoms with Gasteiger partial charge < -0.3 is 14.6 Å². The highest BCUT2D eigenvalue weighted by Gasteiger charge is 2.07. The summed E-state index contributed by atoms with van der Waals surface area (Å²) in [5.74, 6) is 1.89. The van der Waals surface area contributed by atoms with Crippen LogP contribution in [0.15, 0.2) is 30.6 Å². The molecule has 2 aromatic rings. The first-order valence-corrected chi connectivity index (χ1v) is 7.17. The van der Waals surface area contributed by atoms with Gasteiger partial charge in [-0.3, -0.25) is 0 Å². The van der Waals surface area contributed by atoms with Gasteiger partial charge in [0.1, 0.15) is 18.2 Å². The van der Waals surface area contributed by atoms with E-state index in [1.165, 1.54) is 11.1 Å². The molecule has 108 valence electrons. The summed E-state index contributed by atoms with van der Waals surface area (Å²) in [6.45, 7) is 9.51. The molecule has 0 unspecified atom stereocenters. The van der Waals surface area contributed by atoms with Crippen molar-refractivity contribution >= 4 is 0 Å². The minimum atomic E-state index is 0.503. The quantitative estimate of drug-likeness (QED) is 0.843. The van der Waals surface area contributed by atoms with Gasteiger partial charge in [0.2, 0.25) is 0 Å². The van der Waals surface area contributed by atoms with E-state index in [1.807, 2.05) is 18.5 Å². The summed E-state index contributed by atoms with van der Waals surface area (Å²) < 4.78 is 8.05. The largest absolute Gasteiger partial charge is 0.485 e. The van der Waals surface area contributed by atoms with E-state index in [0.717, 1.165) is 31.2 Å². The van der Waals surface area contributed by atoms with E-state index >= 15 is 0 Å². The number of rotatable bonds is 7. The van der Waals surface area contributed by atoms with Crippen molar-refractivity contribution in [2.75, 3.05) is 6.54 Å². The van der Waals surface area contributed by atoms with Crippen molar-refractivity contribution in [1.29, 1.82) is 0 Å². The van der Waals surface area contributed by atoms with Crippen LogP contribution in [0.5, 0.6) is 5.75 Å². The maximum Gasteiger partial charge on any atom is 0.146 e. The van der Waals surface area contributed by atoms with Gasteiger partial charge in [0.05, 0.1) is 0 Å². The Morgan fingerprint density at radius 1 is 1.30 bits per heavy atom. The number of nitrogens with zero attached hydrogens (tertiary/aromatic N) is 2. The zero-order chi connectivity index (χ0) is 14.4. The predicted octanol–water partition coefficient (Wildman–Crippen LogP) is 2.90. The number of ether oxygens (including phenoxy) is 1. The molecular formula is C16H23N3O. The monoisotopic (exact) mass is 273 g/mol. The predicted molar refractivity (Wildman–Crippen MR) is 80.8 cm³/mol. The van der Waals surface area contributed by atoms with Crippen LogP contribution in [0.4, 0.5) is 0 Å². The molecule has 1 N–H and O–H groups in total. The summed E-state index contributed by atoms with van der Waals surface area (Å²) in [6, 6.07) is 6.29. The average molecular weight is 273 g/mol. The van der Waals surface area contributed by atoms with E-state index in [1.54, 1.807) is 0 Å². The molecule has 0 aliphatic heterocycles. The minimum Gasteiger partial charge on any atom is -0.485 e. The number of aryl methyl sites for hydroxylation is 2.